The zero-order chi connectivity index (χ0) is 15.9. The second kappa shape index (κ2) is 7.59. The summed E-state index contributed by atoms with van der Waals surface area (Å²) in [4.78, 5) is 36.4. The summed E-state index contributed by atoms with van der Waals surface area (Å²) in [6.45, 7) is 0.572. The smallest absolute Gasteiger partial charge is 0.305 e. The molecule has 1 saturated heterocycles. The molecule has 0 radical (unpaired) electrons. The van der Waals surface area contributed by atoms with E-state index in [9.17, 15) is 14.4 Å². The van der Waals surface area contributed by atoms with E-state index < -0.39 is 12.0 Å². The Morgan fingerprint density at radius 2 is 1.95 bits per heavy atom. The van der Waals surface area contributed by atoms with Crippen LogP contribution in [0.5, 0.6) is 0 Å². The van der Waals surface area contributed by atoms with Gasteiger partial charge in [-0.3, -0.25) is 14.4 Å². The van der Waals surface area contributed by atoms with Gasteiger partial charge in [-0.1, -0.05) is 30.3 Å². The van der Waals surface area contributed by atoms with Gasteiger partial charge in [-0.05, 0) is 18.4 Å². The molecule has 0 aliphatic carbocycles. The van der Waals surface area contributed by atoms with Gasteiger partial charge in [0.25, 0.3) is 0 Å². The second-order valence-corrected chi connectivity index (χ2v) is 5.40. The molecule has 1 aromatic carbocycles. The molecule has 0 bridgehead atoms. The van der Waals surface area contributed by atoms with E-state index >= 15 is 0 Å². The Hall–Kier alpha value is -2.37. The number of aliphatic carboxylic acids is 1. The highest BCUT2D eigenvalue weighted by Gasteiger charge is 2.23. The summed E-state index contributed by atoms with van der Waals surface area (Å²) in [7, 11) is 0. The predicted molar refractivity (Wildman–Crippen MR) is 80.0 cm³/mol. The van der Waals surface area contributed by atoms with Gasteiger partial charge in [-0.2, -0.15) is 0 Å². The number of carboxylic acids is 1. The molecule has 1 aromatic rings. The number of carboxylic acid groups (broad SMARTS) is 1. The van der Waals surface area contributed by atoms with E-state index in [1.54, 1.807) is 24.3 Å². The summed E-state index contributed by atoms with van der Waals surface area (Å²) in [5.74, 6) is -1.33. The van der Waals surface area contributed by atoms with E-state index in [0.717, 1.165) is 18.4 Å². The van der Waals surface area contributed by atoms with Crippen LogP contribution in [0.25, 0.3) is 0 Å². The molecule has 1 heterocycles. The fraction of sp³-hybridized carbons (Fsp3) is 0.438. The summed E-state index contributed by atoms with van der Waals surface area (Å²) in [5, 5.41) is 11.7. The zero-order valence-corrected chi connectivity index (χ0v) is 12.3. The Labute approximate surface area is 129 Å². The van der Waals surface area contributed by atoms with Crippen molar-refractivity contribution in [1.29, 1.82) is 0 Å². The highest BCUT2D eigenvalue weighted by Crippen LogP contribution is 2.17. The molecule has 6 heteroatoms. The normalized spacial score (nSPS) is 16.2. The summed E-state index contributed by atoms with van der Waals surface area (Å²) in [6, 6.07) is 8.39. The van der Waals surface area contributed by atoms with Gasteiger partial charge in [0.2, 0.25) is 11.8 Å². The number of hydrogen-bond acceptors (Lipinski definition) is 3. The third kappa shape index (κ3) is 4.58. The Kier molecular flexibility index (Phi) is 5.52. The topological polar surface area (TPSA) is 86.7 Å². The Balaban J connectivity index is 1.98. The summed E-state index contributed by atoms with van der Waals surface area (Å²) in [5.41, 5.74) is 0.739. The summed E-state index contributed by atoms with van der Waals surface area (Å²) < 4.78 is 0. The van der Waals surface area contributed by atoms with E-state index in [4.69, 9.17) is 5.11 Å². The molecule has 2 amide bonds. The molecule has 1 fully saturated rings. The maximum absolute atomic E-state index is 12.1. The monoisotopic (exact) mass is 304 g/mol. The van der Waals surface area contributed by atoms with Gasteiger partial charge in [0.1, 0.15) is 0 Å². The number of benzene rings is 1. The van der Waals surface area contributed by atoms with Gasteiger partial charge in [0, 0.05) is 13.0 Å². The fourth-order valence-electron chi connectivity index (χ4n) is 2.55. The van der Waals surface area contributed by atoms with Gasteiger partial charge < -0.3 is 15.3 Å². The van der Waals surface area contributed by atoms with E-state index in [-0.39, 0.29) is 24.8 Å². The number of piperidine rings is 1. The first-order valence-electron chi connectivity index (χ1n) is 7.40. The molecule has 118 valence electrons. The van der Waals surface area contributed by atoms with Crippen LogP contribution >= 0.6 is 0 Å². The molecule has 0 aromatic heterocycles. The molecule has 0 saturated carbocycles. The maximum atomic E-state index is 12.1. The van der Waals surface area contributed by atoms with Gasteiger partial charge in [-0.15, -0.1) is 0 Å². The second-order valence-electron chi connectivity index (χ2n) is 5.40. The molecule has 22 heavy (non-hydrogen) atoms. The average Bonchev–Trinajstić information content (AvgIpc) is 2.49. The maximum Gasteiger partial charge on any atom is 0.305 e. The quantitative estimate of drug-likeness (QED) is 0.830. The number of carbonyl (C=O) groups is 3. The molecule has 6 nitrogen and oxygen atoms in total. The van der Waals surface area contributed by atoms with Crippen LogP contribution in [0.3, 0.4) is 0 Å². The number of carbonyl (C=O) groups excluding carboxylic acids is 2. The summed E-state index contributed by atoms with van der Waals surface area (Å²) in [6.07, 6.45) is 2.05. The number of likely N-dealkylation sites (tertiary alicyclic amines) is 1. The van der Waals surface area contributed by atoms with Crippen molar-refractivity contribution in [1.82, 2.24) is 10.2 Å². The minimum Gasteiger partial charge on any atom is -0.481 e. The molecule has 0 unspecified atom stereocenters. The molecular formula is C16H20N2O4. The SMILES string of the molecule is O=C(O)C[C@@H](NC(=O)CN1CCCCC1=O)c1ccccc1. The Morgan fingerprint density at radius 1 is 1.23 bits per heavy atom. The lowest BCUT2D eigenvalue weighted by atomic mass is 10.0. The van der Waals surface area contributed by atoms with Crippen molar-refractivity contribution >= 4 is 17.8 Å². The molecule has 1 aliphatic rings. The average molecular weight is 304 g/mol. The third-order valence-corrected chi connectivity index (χ3v) is 3.67. The zero-order valence-electron chi connectivity index (χ0n) is 12.3. The fourth-order valence-corrected chi connectivity index (χ4v) is 2.55. The first-order chi connectivity index (χ1) is 10.6. The predicted octanol–water partition coefficient (Wildman–Crippen LogP) is 1.33. The highest BCUT2D eigenvalue weighted by molar-refractivity contribution is 5.85. The lowest BCUT2D eigenvalue weighted by Crippen LogP contribution is -2.44. The van der Waals surface area contributed by atoms with E-state index in [1.807, 2.05) is 6.07 Å². The van der Waals surface area contributed by atoms with Gasteiger partial charge in [-0.25, -0.2) is 0 Å². The first kappa shape index (κ1) is 16.0. The minimum atomic E-state index is -0.983. The first-order valence-corrected chi connectivity index (χ1v) is 7.40. The van der Waals surface area contributed by atoms with Crippen molar-refractivity contribution in [3.8, 4) is 0 Å². The van der Waals surface area contributed by atoms with E-state index in [2.05, 4.69) is 5.32 Å². The molecule has 1 atom stereocenters. The van der Waals surface area contributed by atoms with Gasteiger partial charge in [0.05, 0.1) is 19.0 Å². The van der Waals surface area contributed by atoms with Crippen molar-refractivity contribution in [2.24, 2.45) is 0 Å². The van der Waals surface area contributed by atoms with E-state index in [1.165, 1.54) is 4.90 Å². The molecule has 2 rings (SSSR count). The van der Waals surface area contributed by atoms with Crippen LogP contribution in [0.2, 0.25) is 0 Å². The lowest BCUT2D eigenvalue weighted by molar-refractivity contribution is -0.139. The number of amides is 2. The number of nitrogens with one attached hydrogen (secondary N) is 1. The van der Waals surface area contributed by atoms with Gasteiger partial charge >= 0.3 is 5.97 Å². The van der Waals surface area contributed by atoms with Crippen LogP contribution in [0, 0.1) is 0 Å². The van der Waals surface area contributed by atoms with Crippen LogP contribution in [0.1, 0.15) is 37.3 Å². The highest BCUT2D eigenvalue weighted by atomic mass is 16.4. The van der Waals surface area contributed by atoms with Crippen molar-refractivity contribution < 1.29 is 19.5 Å². The third-order valence-electron chi connectivity index (χ3n) is 3.67. The van der Waals surface area contributed by atoms with Gasteiger partial charge in [0.15, 0.2) is 0 Å². The van der Waals surface area contributed by atoms with Crippen LogP contribution in [0.15, 0.2) is 30.3 Å². The molecule has 0 spiro atoms. The van der Waals surface area contributed by atoms with Crippen molar-refractivity contribution in [2.45, 2.75) is 31.7 Å². The molecule has 2 N–H and O–H groups in total. The Morgan fingerprint density at radius 3 is 2.59 bits per heavy atom. The minimum absolute atomic E-state index is 0.0121. The van der Waals surface area contributed by atoms with Crippen LogP contribution in [-0.2, 0) is 14.4 Å². The Bertz CT molecular complexity index is 544. The largest absolute Gasteiger partial charge is 0.481 e. The van der Waals surface area contributed by atoms with Crippen molar-refractivity contribution in [2.75, 3.05) is 13.1 Å². The van der Waals surface area contributed by atoms with Crippen LogP contribution in [0.4, 0.5) is 0 Å². The van der Waals surface area contributed by atoms with Crippen LogP contribution in [-0.4, -0.2) is 40.9 Å². The number of hydrogen-bond donors (Lipinski definition) is 2. The van der Waals surface area contributed by atoms with Crippen molar-refractivity contribution in [3.63, 3.8) is 0 Å². The van der Waals surface area contributed by atoms with E-state index in [0.29, 0.717) is 13.0 Å². The molecule has 1 aliphatic heterocycles. The number of nitrogens with zero attached hydrogens (tertiary/aromatic N) is 1. The number of rotatable bonds is 6. The standard InChI is InChI=1S/C16H20N2O4/c19-14(11-18-9-5-4-8-15(18)20)17-13(10-16(21)22)12-6-2-1-3-7-12/h1-3,6-7,13H,4-5,8-11H2,(H,17,19)(H,21,22)/t13-/m1/s1. The van der Waals surface area contributed by atoms with Crippen LogP contribution < -0.4 is 5.32 Å². The van der Waals surface area contributed by atoms with Crippen molar-refractivity contribution in [3.05, 3.63) is 35.9 Å². The molecular weight excluding hydrogens is 284 g/mol. The lowest BCUT2D eigenvalue weighted by Gasteiger charge is -2.27. The summed E-state index contributed by atoms with van der Waals surface area (Å²) >= 11 is 0.